The number of unbranched alkanes of at least 4 members (excludes halogenated alkanes) is 7. The predicted octanol–water partition coefficient (Wildman–Crippen LogP) is 9.90. The molecule has 0 N–H and O–H groups in total. The lowest BCUT2D eigenvalue weighted by Gasteiger charge is -2.42. The molecule has 0 aromatic rings. The molecule has 0 saturated carbocycles. The van der Waals surface area contributed by atoms with Gasteiger partial charge < -0.3 is 0 Å². The molecule has 0 aliphatic heterocycles. The summed E-state index contributed by atoms with van der Waals surface area (Å²) in [5, 5.41) is 0.717. The zero-order valence-corrected chi connectivity index (χ0v) is 19.5. The molecule has 0 unspecified atom stereocenters. The fourth-order valence-corrected chi connectivity index (χ4v) is 3.25. The minimum absolute atomic E-state index is 0.0827. The molecule has 0 atom stereocenters. The van der Waals surface area contributed by atoms with Gasteiger partial charge in [-0.15, -0.1) is 0 Å². The van der Waals surface area contributed by atoms with Gasteiger partial charge in [-0.3, -0.25) is 0 Å². The maximum atomic E-state index is 13.7. The molecule has 0 heterocycles. The van der Waals surface area contributed by atoms with Gasteiger partial charge in [0.15, 0.2) is 0 Å². The van der Waals surface area contributed by atoms with Gasteiger partial charge in [0.2, 0.25) is 0 Å². The van der Waals surface area contributed by atoms with Gasteiger partial charge in [0.25, 0.3) is 0 Å². The zero-order chi connectivity index (χ0) is 29.1. The van der Waals surface area contributed by atoms with E-state index in [1.54, 1.807) is 0 Å². The summed E-state index contributed by atoms with van der Waals surface area (Å²) in [5.74, 6) is -55.7. The summed E-state index contributed by atoms with van der Waals surface area (Å²) in [7, 11) is 0. The van der Waals surface area contributed by atoms with Crippen molar-refractivity contribution in [2.75, 3.05) is 5.33 Å². The molecule has 0 amide bonds. The van der Waals surface area contributed by atoms with Crippen LogP contribution < -0.4 is 0 Å². The van der Waals surface area contributed by atoms with E-state index < -0.39 is 60.5 Å². The maximum Gasteiger partial charge on any atom is 0.460 e. The van der Waals surface area contributed by atoms with E-state index in [0.717, 1.165) is 12.8 Å². The topological polar surface area (TPSA) is 0 Å². The van der Waals surface area contributed by atoms with E-state index in [0.29, 0.717) is 24.6 Å². The summed E-state index contributed by atoms with van der Waals surface area (Å²) in [4.78, 5) is 0. The van der Waals surface area contributed by atoms with Crippen LogP contribution >= 0.6 is 15.9 Å². The molecular weight excluding hydrogens is 619 g/mol. The monoisotopic (exact) mass is 638 g/mol. The summed E-state index contributed by atoms with van der Waals surface area (Å²) in [5.41, 5.74) is 0. The molecule has 0 saturated heterocycles. The second-order valence-corrected chi connectivity index (χ2v) is 8.71. The molecule has 0 rings (SSSR count). The normalized spacial score (nSPS) is 15.5. The van der Waals surface area contributed by atoms with E-state index in [9.17, 15) is 74.6 Å². The van der Waals surface area contributed by atoms with E-state index in [4.69, 9.17) is 0 Å². The minimum atomic E-state index is -8.57. The summed E-state index contributed by atoms with van der Waals surface area (Å²) < 4.78 is 224. The minimum Gasteiger partial charge on any atom is -0.200 e. The van der Waals surface area contributed by atoms with Crippen LogP contribution in [0.1, 0.15) is 57.8 Å². The first-order valence-corrected chi connectivity index (χ1v) is 11.2. The molecule has 0 radical (unpaired) electrons. The third kappa shape index (κ3) is 6.29. The highest BCUT2D eigenvalue weighted by Gasteiger charge is 2.95. The highest BCUT2D eigenvalue weighted by Crippen LogP contribution is 2.64. The lowest BCUT2D eigenvalue weighted by molar-refractivity contribution is -0.461. The van der Waals surface area contributed by atoms with Crippen molar-refractivity contribution in [2.45, 2.75) is 105 Å². The Morgan fingerprint density at radius 3 is 0.944 bits per heavy atom. The third-order valence-corrected chi connectivity index (χ3v) is 5.72. The Hall–Kier alpha value is -0.710. The van der Waals surface area contributed by atoms with Crippen molar-refractivity contribution in [3.05, 3.63) is 0 Å². The van der Waals surface area contributed by atoms with Crippen molar-refractivity contribution >= 4 is 15.9 Å². The van der Waals surface area contributed by atoms with Crippen molar-refractivity contribution in [2.24, 2.45) is 0 Å². The van der Waals surface area contributed by atoms with Gasteiger partial charge in [-0.1, -0.05) is 54.5 Å². The van der Waals surface area contributed by atoms with Gasteiger partial charge >= 0.3 is 47.6 Å². The number of hydrogen-bond donors (Lipinski definition) is 0. The molecular formula is C18H20BrF17. The smallest absolute Gasteiger partial charge is 0.200 e. The zero-order valence-electron chi connectivity index (χ0n) is 17.9. The van der Waals surface area contributed by atoms with E-state index in [2.05, 4.69) is 15.9 Å². The molecule has 218 valence electrons. The SMILES string of the molecule is FC(F)(F)C(F)(F)C(F)(F)C(F)(F)C(F)(F)C(F)(F)C(F)(F)C(F)(F)CCCCCCCCCCBr. The molecule has 0 fully saturated rings. The van der Waals surface area contributed by atoms with E-state index >= 15 is 0 Å². The molecule has 0 aliphatic rings. The molecule has 0 aliphatic carbocycles. The molecule has 0 nitrogen and oxygen atoms in total. The quantitative estimate of drug-likeness (QED) is 0.0897. The van der Waals surface area contributed by atoms with Crippen molar-refractivity contribution < 1.29 is 74.6 Å². The second-order valence-electron chi connectivity index (χ2n) is 7.92. The molecule has 0 bridgehead atoms. The van der Waals surface area contributed by atoms with Crippen LogP contribution in [0.25, 0.3) is 0 Å². The fourth-order valence-electron chi connectivity index (χ4n) is 2.86. The average molecular weight is 639 g/mol. The van der Waals surface area contributed by atoms with E-state index in [-0.39, 0.29) is 12.8 Å². The molecule has 18 heteroatoms. The second kappa shape index (κ2) is 11.6. The molecule has 36 heavy (non-hydrogen) atoms. The van der Waals surface area contributed by atoms with Crippen LogP contribution in [0.2, 0.25) is 0 Å². The highest BCUT2D eigenvalue weighted by molar-refractivity contribution is 9.09. The summed E-state index contributed by atoms with van der Waals surface area (Å²) >= 11 is 3.16. The maximum absolute atomic E-state index is 13.7. The van der Waals surface area contributed by atoms with Gasteiger partial charge in [-0.05, 0) is 12.8 Å². The molecule has 0 spiro atoms. The van der Waals surface area contributed by atoms with E-state index in [1.165, 1.54) is 0 Å². The first kappa shape index (κ1) is 35.3. The van der Waals surface area contributed by atoms with Crippen LogP contribution in [-0.4, -0.2) is 53.0 Å². The molecule has 0 aromatic heterocycles. The summed E-state index contributed by atoms with van der Waals surface area (Å²) in [6, 6.07) is 0. The van der Waals surface area contributed by atoms with Crippen molar-refractivity contribution in [3.8, 4) is 0 Å². The van der Waals surface area contributed by atoms with Crippen LogP contribution in [0.3, 0.4) is 0 Å². The van der Waals surface area contributed by atoms with Crippen LogP contribution in [0.4, 0.5) is 74.6 Å². The lowest BCUT2D eigenvalue weighted by Crippen LogP contribution is -2.74. The van der Waals surface area contributed by atoms with Gasteiger partial charge in [0.1, 0.15) is 0 Å². The average Bonchev–Trinajstić information content (AvgIpc) is 2.70. The van der Waals surface area contributed by atoms with Crippen LogP contribution in [-0.2, 0) is 0 Å². The summed E-state index contributed by atoms with van der Waals surface area (Å²) in [6.07, 6.45) is -8.16. The lowest BCUT2D eigenvalue weighted by atomic mass is 9.87. The first-order chi connectivity index (χ1) is 15.8. The first-order valence-electron chi connectivity index (χ1n) is 10.1. The Balaban J connectivity index is 5.71. The fraction of sp³-hybridized carbons (Fsp3) is 1.00. The highest BCUT2D eigenvalue weighted by atomic mass is 79.9. The third-order valence-electron chi connectivity index (χ3n) is 5.16. The number of alkyl halides is 18. The molecule has 0 aromatic carbocycles. The largest absolute Gasteiger partial charge is 0.460 e. The van der Waals surface area contributed by atoms with Gasteiger partial charge in [-0.2, -0.15) is 74.6 Å². The summed E-state index contributed by atoms with van der Waals surface area (Å²) in [6.45, 7) is 0. The Kier molecular flexibility index (Phi) is 11.3. The number of rotatable bonds is 16. The Bertz CT molecular complexity index is 684. The van der Waals surface area contributed by atoms with Crippen molar-refractivity contribution in [3.63, 3.8) is 0 Å². The number of halogens is 18. The van der Waals surface area contributed by atoms with Crippen LogP contribution in [0.15, 0.2) is 0 Å². The number of hydrogen-bond acceptors (Lipinski definition) is 0. The Morgan fingerprint density at radius 2 is 0.611 bits per heavy atom. The van der Waals surface area contributed by atoms with Gasteiger partial charge in [-0.25, -0.2) is 0 Å². The Labute approximate surface area is 202 Å². The van der Waals surface area contributed by atoms with Gasteiger partial charge in [0.05, 0.1) is 0 Å². The van der Waals surface area contributed by atoms with Crippen LogP contribution in [0, 0.1) is 0 Å². The standard InChI is InChI=1S/C18H20BrF17/c19-10-8-6-4-2-1-3-5-7-9-11(20,21)12(22,23)13(24,25)14(26,27)15(28,29)16(30,31)17(32,33)18(34,35)36/h1-10H2. The predicted molar refractivity (Wildman–Crippen MR) is 96.0 cm³/mol. The van der Waals surface area contributed by atoms with Crippen LogP contribution in [0.5, 0.6) is 0 Å². The van der Waals surface area contributed by atoms with Crippen molar-refractivity contribution in [1.82, 2.24) is 0 Å². The van der Waals surface area contributed by atoms with Crippen molar-refractivity contribution in [1.29, 1.82) is 0 Å². The van der Waals surface area contributed by atoms with E-state index in [1.807, 2.05) is 0 Å². The Morgan fingerprint density at radius 1 is 0.333 bits per heavy atom. The van der Waals surface area contributed by atoms with Gasteiger partial charge in [0, 0.05) is 11.8 Å².